The van der Waals surface area contributed by atoms with Crippen LogP contribution in [0, 0.1) is 11.3 Å². The molecule has 0 aromatic rings. The third kappa shape index (κ3) is 4.40. The molecule has 0 spiro atoms. The van der Waals surface area contributed by atoms with Gasteiger partial charge in [-0.15, -0.1) is 0 Å². The normalized spacial score (nSPS) is 19.9. The van der Waals surface area contributed by atoms with Crippen molar-refractivity contribution >= 4 is 12.0 Å². The molecule has 0 bridgehead atoms. The first-order valence-electron chi connectivity index (χ1n) is 7.17. The van der Waals surface area contributed by atoms with E-state index in [-0.39, 0.29) is 18.6 Å². The Balaban J connectivity index is 2.29. The minimum atomic E-state index is -0.799. The fraction of sp³-hybridized carbons (Fsp3) is 0.857. The smallest absolute Gasteiger partial charge is 0.315 e. The highest BCUT2D eigenvalue weighted by Crippen LogP contribution is 2.40. The second-order valence-corrected chi connectivity index (χ2v) is 5.92. The average Bonchev–Trinajstić information content (AvgIpc) is 2.26. The van der Waals surface area contributed by atoms with Crippen molar-refractivity contribution < 1.29 is 14.7 Å². The van der Waals surface area contributed by atoms with Gasteiger partial charge in [0, 0.05) is 12.6 Å². The average molecular weight is 270 g/mol. The van der Waals surface area contributed by atoms with Gasteiger partial charge in [0.1, 0.15) is 0 Å². The summed E-state index contributed by atoms with van der Waals surface area (Å²) in [6.45, 7) is 6.49. The van der Waals surface area contributed by atoms with Crippen LogP contribution in [0.25, 0.3) is 0 Å². The number of nitrogens with one attached hydrogen (secondary N) is 2. The summed E-state index contributed by atoms with van der Waals surface area (Å²) in [5.74, 6) is -0.223. The number of hydrogen-bond acceptors (Lipinski definition) is 2. The van der Waals surface area contributed by atoms with E-state index in [0.29, 0.717) is 18.8 Å². The van der Waals surface area contributed by atoms with Crippen molar-refractivity contribution in [3.8, 4) is 0 Å². The highest BCUT2D eigenvalue weighted by Gasteiger charge is 2.44. The first kappa shape index (κ1) is 15.8. The lowest BCUT2D eigenvalue weighted by atomic mass is 9.69. The molecule has 5 nitrogen and oxygen atoms in total. The molecule has 0 aliphatic heterocycles. The monoisotopic (exact) mass is 270 g/mol. The van der Waals surface area contributed by atoms with Crippen LogP contribution >= 0.6 is 0 Å². The molecule has 110 valence electrons. The van der Waals surface area contributed by atoms with Gasteiger partial charge in [0.05, 0.1) is 5.41 Å². The van der Waals surface area contributed by atoms with Crippen molar-refractivity contribution in [2.45, 2.75) is 58.9 Å². The van der Waals surface area contributed by atoms with Gasteiger partial charge in [-0.25, -0.2) is 4.79 Å². The Morgan fingerprint density at radius 1 is 1.32 bits per heavy atom. The predicted molar refractivity (Wildman–Crippen MR) is 74.0 cm³/mol. The molecule has 5 heteroatoms. The Morgan fingerprint density at radius 3 is 2.37 bits per heavy atom. The molecule has 1 aliphatic rings. The quantitative estimate of drug-likeness (QED) is 0.664. The molecule has 0 aromatic carbocycles. The van der Waals surface area contributed by atoms with Crippen molar-refractivity contribution in [3.05, 3.63) is 0 Å². The lowest BCUT2D eigenvalue weighted by molar-refractivity contribution is -0.153. The second kappa shape index (κ2) is 6.78. The molecule has 2 unspecified atom stereocenters. The molecule has 1 aliphatic carbocycles. The van der Waals surface area contributed by atoms with Crippen molar-refractivity contribution in [2.75, 3.05) is 6.54 Å². The number of hydrogen-bond donors (Lipinski definition) is 3. The summed E-state index contributed by atoms with van der Waals surface area (Å²) in [4.78, 5) is 22.9. The first-order valence-corrected chi connectivity index (χ1v) is 7.17. The van der Waals surface area contributed by atoms with E-state index in [2.05, 4.69) is 24.5 Å². The third-order valence-corrected chi connectivity index (χ3v) is 4.18. The Labute approximate surface area is 115 Å². The van der Waals surface area contributed by atoms with Gasteiger partial charge in [0.2, 0.25) is 0 Å². The van der Waals surface area contributed by atoms with Gasteiger partial charge in [-0.3, -0.25) is 4.79 Å². The maximum Gasteiger partial charge on any atom is 0.315 e. The van der Waals surface area contributed by atoms with Crippen LogP contribution in [-0.2, 0) is 4.79 Å². The second-order valence-electron chi connectivity index (χ2n) is 5.92. The standard InChI is InChI=1S/C14H26N2O3/c1-4-10(2)8-11(3)16-13(19)15-9-14(12(17)18)6-5-7-14/h10-11H,4-9H2,1-3H3,(H,17,18)(H2,15,16,19). The predicted octanol–water partition coefficient (Wildman–Crippen LogP) is 2.37. The fourth-order valence-electron chi connectivity index (χ4n) is 2.42. The Hall–Kier alpha value is -1.26. The molecule has 1 saturated carbocycles. The van der Waals surface area contributed by atoms with Crippen LogP contribution in [0.2, 0.25) is 0 Å². The molecule has 0 saturated heterocycles. The van der Waals surface area contributed by atoms with Gasteiger partial charge >= 0.3 is 12.0 Å². The van der Waals surface area contributed by atoms with Gasteiger partial charge < -0.3 is 15.7 Å². The minimum absolute atomic E-state index is 0.108. The minimum Gasteiger partial charge on any atom is -0.481 e. The summed E-state index contributed by atoms with van der Waals surface area (Å²) in [5, 5.41) is 14.7. The van der Waals surface area contributed by atoms with E-state index >= 15 is 0 Å². The van der Waals surface area contributed by atoms with E-state index in [9.17, 15) is 9.59 Å². The molecule has 1 fully saturated rings. The lowest BCUT2D eigenvalue weighted by Crippen LogP contribution is -2.51. The molecular weight excluding hydrogens is 244 g/mol. The summed E-state index contributed by atoms with van der Waals surface area (Å²) >= 11 is 0. The Kier molecular flexibility index (Phi) is 5.63. The summed E-state index contributed by atoms with van der Waals surface area (Å²) in [5.41, 5.74) is -0.725. The number of carboxylic acids is 1. The van der Waals surface area contributed by atoms with Gasteiger partial charge in [0.15, 0.2) is 0 Å². The van der Waals surface area contributed by atoms with Crippen LogP contribution in [0.3, 0.4) is 0 Å². The molecule has 0 heterocycles. The van der Waals surface area contributed by atoms with Crippen molar-refractivity contribution in [2.24, 2.45) is 11.3 Å². The van der Waals surface area contributed by atoms with Gasteiger partial charge in [-0.2, -0.15) is 0 Å². The SMILES string of the molecule is CCC(C)CC(C)NC(=O)NCC1(C(=O)O)CCC1. The number of amides is 2. The molecule has 0 radical (unpaired) electrons. The third-order valence-electron chi connectivity index (χ3n) is 4.18. The zero-order chi connectivity index (χ0) is 14.5. The maximum atomic E-state index is 11.7. The Morgan fingerprint density at radius 2 is 1.95 bits per heavy atom. The highest BCUT2D eigenvalue weighted by molar-refractivity contribution is 5.78. The van der Waals surface area contributed by atoms with Crippen molar-refractivity contribution in [1.29, 1.82) is 0 Å². The van der Waals surface area contributed by atoms with E-state index in [1.807, 2.05) is 6.92 Å². The highest BCUT2D eigenvalue weighted by atomic mass is 16.4. The molecule has 19 heavy (non-hydrogen) atoms. The maximum absolute atomic E-state index is 11.7. The molecule has 3 N–H and O–H groups in total. The van der Waals surface area contributed by atoms with Crippen LogP contribution in [0.5, 0.6) is 0 Å². The van der Waals surface area contributed by atoms with E-state index in [1.165, 1.54) is 0 Å². The van der Waals surface area contributed by atoms with Gasteiger partial charge in [0.25, 0.3) is 0 Å². The van der Waals surface area contributed by atoms with Crippen LogP contribution in [0.4, 0.5) is 4.79 Å². The van der Waals surface area contributed by atoms with E-state index in [4.69, 9.17) is 5.11 Å². The zero-order valence-corrected chi connectivity index (χ0v) is 12.2. The molecule has 1 rings (SSSR count). The molecular formula is C14H26N2O3. The number of carbonyl (C=O) groups is 2. The summed E-state index contributed by atoms with van der Waals surface area (Å²) in [6, 6.07) is -0.152. The van der Waals surface area contributed by atoms with Crippen molar-refractivity contribution in [3.63, 3.8) is 0 Å². The van der Waals surface area contributed by atoms with Crippen LogP contribution < -0.4 is 10.6 Å². The lowest BCUT2D eigenvalue weighted by Gasteiger charge is -2.37. The molecule has 0 aromatic heterocycles. The zero-order valence-electron chi connectivity index (χ0n) is 12.2. The molecule has 2 atom stereocenters. The van der Waals surface area contributed by atoms with Crippen LogP contribution in [0.1, 0.15) is 52.9 Å². The number of rotatable bonds is 7. The van der Waals surface area contributed by atoms with E-state index < -0.39 is 11.4 Å². The van der Waals surface area contributed by atoms with Crippen LogP contribution in [0.15, 0.2) is 0 Å². The fourth-order valence-corrected chi connectivity index (χ4v) is 2.42. The first-order chi connectivity index (χ1) is 8.89. The number of aliphatic carboxylic acids is 1. The summed E-state index contributed by atoms with van der Waals surface area (Å²) < 4.78 is 0. The van der Waals surface area contributed by atoms with E-state index in [1.54, 1.807) is 0 Å². The number of carboxylic acid groups (broad SMARTS) is 1. The molecule has 2 amide bonds. The van der Waals surface area contributed by atoms with Gasteiger partial charge in [-0.1, -0.05) is 26.7 Å². The van der Waals surface area contributed by atoms with Crippen LogP contribution in [-0.4, -0.2) is 29.7 Å². The topological polar surface area (TPSA) is 78.4 Å². The summed E-state index contributed by atoms with van der Waals surface area (Å²) in [6.07, 6.45) is 4.28. The van der Waals surface area contributed by atoms with Gasteiger partial charge in [-0.05, 0) is 32.1 Å². The largest absolute Gasteiger partial charge is 0.481 e. The number of urea groups is 1. The van der Waals surface area contributed by atoms with E-state index in [0.717, 1.165) is 19.3 Å². The number of carbonyl (C=O) groups excluding carboxylic acids is 1. The van der Waals surface area contributed by atoms with Crippen molar-refractivity contribution in [1.82, 2.24) is 10.6 Å². The summed E-state index contributed by atoms with van der Waals surface area (Å²) in [7, 11) is 0. The Bertz CT molecular complexity index is 327.